The zero-order chi connectivity index (χ0) is 15.2. The Balaban J connectivity index is 0.00000400. The Bertz CT molecular complexity index is 315. The van der Waals surface area contributed by atoms with E-state index >= 15 is 0 Å². The third-order valence-electron chi connectivity index (χ3n) is 4.64. The van der Waals surface area contributed by atoms with E-state index in [1.165, 1.54) is 19.3 Å². The lowest BCUT2D eigenvalue weighted by atomic mass is 9.71. The summed E-state index contributed by atoms with van der Waals surface area (Å²) in [5, 5.41) is 3.10. The van der Waals surface area contributed by atoms with Gasteiger partial charge in [0.15, 0.2) is 0 Å². The first-order chi connectivity index (χ1) is 9.32. The fourth-order valence-corrected chi connectivity index (χ4v) is 3.29. The Kier molecular flexibility index (Phi) is 8.83. The van der Waals surface area contributed by atoms with Crippen LogP contribution in [0.15, 0.2) is 0 Å². The third kappa shape index (κ3) is 6.98. The van der Waals surface area contributed by atoms with Gasteiger partial charge in [-0.15, -0.1) is 12.4 Å². The molecule has 0 saturated heterocycles. The van der Waals surface area contributed by atoms with Crippen LogP contribution < -0.4 is 11.1 Å². The molecule has 4 nitrogen and oxygen atoms in total. The molecule has 1 aliphatic carbocycles. The molecule has 0 aromatic rings. The summed E-state index contributed by atoms with van der Waals surface area (Å²) in [6.07, 6.45) is 7.26. The highest BCUT2D eigenvalue weighted by molar-refractivity contribution is 5.85. The molecule has 1 rings (SSSR count). The second-order valence-electron chi connectivity index (χ2n) is 7.08. The van der Waals surface area contributed by atoms with Gasteiger partial charge in [-0.3, -0.25) is 4.79 Å². The van der Waals surface area contributed by atoms with Crippen molar-refractivity contribution in [1.82, 2.24) is 5.32 Å². The standard InChI is InChI=1S/C16H32N2O2.ClH/c1-13(10-15(2,3)20-4)18-14(19)11-16(12-17)8-6-5-7-9-16;/h13H,5-12,17H2,1-4H3,(H,18,19);1H. The average molecular weight is 321 g/mol. The van der Waals surface area contributed by atoms with Gasteiger partial charge < -0.3 is 15.8 Å². The first-order valence-electron chi connectivity index (χ1n) is 7.87. The van der Waals surface area contributed by atoms with Crippen LogP contribution in [0.25, 0.3) is 0 Å². The summed E-state index contributed by atoms with van der Waals surface area (Å²) in [4.78, 5) is 12.3. The number of carbonyl (C=O) groups is 1. The van der Waals surface area contributed by atoms with Crippen molar-refractivity contribution in [3.63, 3.8) is 0 Å². The van der Waals surface area contributed by atoms with E-state index in [2.05, 4.69) is 5.32 Å². The molecule has 1 aliphatic rings. The van der Waals surface area contributed by atoms with Gasteiger partial charge >= 0.3 is 0 Å². The fourth-order valence-electron chi connectivity index (χ4n) is 3.29. The Hall–Kier alpha value is -0.320. The quantitative estimate of drug-likeness (QED) is 0.758. The Morgan fingerprint density at radius 3 is 2.38 bits per heavy atom. The van der Waals surface area contributed by atoms with Crippen molar-refractivity contribution in [3.8, 4) is 0 Å². The number of carbonyl (C=O) groups excluding carboxylic acids is 1. The number of ether oxygens (including phenoxy) is 1. The Labute approximate surface area is 136 Å². The lowest BCUT2D eigenvalue weighted by Gasteiger charge is -2.36. The van der Waals surface area contributed by atoms with Crippen LogP contribution in [0.5, 0.6) is 0 Å². The third-order valence-corrected chi connectivity index (χ3v) is 4.64. The maximum atomic E-state index is 12.3. The van der Waals surface area contributed by atoms with Crippen molar-refractivity contribution < 1.29 is 9.53 Å². The highest BCUT2D eigenvalue weighted by atomic mass is 35.5. The van der Waals surface area contributed by atoms with Crippen LogP contribution in [-0.4, -0.2) is 31.2 Å². The summed E-state index contributed by atoms with van der Waals surface area (Å²) in [6.45, 7) is 6.74. The normalized spacial score (nSPS) is 19.5. The number of halogens is 1. The molecular weight excluding hydrogens is 288 g/mol. The molecule has 0 spiro atoms. The maximum Gasteiger partial charge on any atom is 0.220 e. The van der Waals surface area contributed by atoms with Gasteiger partial charge in [0, 0.05) is 19.6 Å². The van der Waals surface area contributed by atoms with E-state index in [9.17, 15) is 4.79 Å². The first kappa shape index (κ1) is 20.7. The van der Waals surface area contributed by atoms with Gasteiger partial charge in [-0.2, -0.15) is 0 Å². The van der Waals surface area contributed by atoms with Crippen LogP contribution in [0.2, 0.25) is 0 Å². The van der Waals surface area contributed by atoms with Gasteiger partial charge in [0.2, 0.25) is 5.91 Å². The Morgan fingerprint density at radius 1 is 1.33 bits per heavy atom. The van der Waals surface area contributed by atoms with Gasteiger partial charge in [-0.05, 0) is 52.0 Å². The van der Waals surface area contributed by atoms with Crippen LogP contribution in [0.4, 0.5) is 0 Å². The van der Waals surface area contributed by atoms with Gasteiger partial charge in [-0.25, -0.2) is 0 Å². The SMILES string of the molecule is COC(C)(C)CC(C)NC(=O)CC1(CN)CCCCC1.Cl. The van der Waals surface area contributed by atoms with E-state index in [1.54, 1.807) is 7.11 Å². The van der Waals surface area contributed by atoms with E-state index in [4.69, 9.17) is 10.5 Å². The van der Waals surface area contributed by atoms with Crippen molar-refractivity contribution in [2.24, 2.45) is 11.1 Å². The predicted molar refractivity (Wildman–Crippen MR) is 89.7 cm³/mol. The second-order valence-corrected chi connectivity index (χ2v) is 7.08. The summed E-state index contributed by atoms with van der Waals surface area (Å²) >= 11 is 0. The molecule has 126 valence electrons. The van der Waals surface area contributed by atoms with Crippen molar-refractivity contribution in [3.05, 3.63) is 0 Å². The number of amides is 1. The minimum absolute atomic E-state index is 0. The minimum atomic E-state index is -0.205. The Morgan fingerprint density at radius 2 is 1.90 bits per heavy atom. The van der Waals surface area contributed by atoms with Crippen molar-refractivity contribution in [1.29, 1.82) is 0 Å². The largest absolute Gasteiger partial charge is 0.379 e. The molecule has 21 heavy (non-hydrogen) atoms. The van der Waals surface area contributed by atoms with E-state index < -0.39 is 0 Å². The number of nitrogens with one attached hydrogen (secondary N) is 1. The lowest BCUT2D eigenvalue weighted by Crippen LogP contribution is -2.43. The molecule has 0 aromatic carbocycles. The molecule has 1 atom stereocenters. The fraction of sp³-hybridized carbons (Fsp3) is 0.938. The molecule has 0 aromatic heterocycles. The molecular formula is C16H33ClN2O2. The van der Waals surface area contributed by atoms with Crippen molar-refractivity contribution >= 4 is 18.3 Å². The number of rotatable bonds is 7. The van der Waals surface area contributed by atoms with Crippen LogP contribution in [-0.2, 0) is 9.53 Å². The summed E-state index contributed by atoms with van der Waals surface area (Å²) in [6, 6.07) is 0.121. The van der Waals surface area contributed by atoms with Crippen LogP contribution >= 0.6 is 12.4 Å². The first-order valence-corrected chi connectivity index (χ1v) is 7.87. The molecule has 3 N–H and O–H groups in total. The topological polar surface area (TPSA) is 64.3 Å². The number of hydrogen-bond acceptors (Lipinski definition) is 3. The number of methoxy groups -OCH3 is 1. The van der Waals surface area contributed by atoms with Crippen LogP contribution in [0, 0.1) is 5.41 Å². The zero-order valence-corrected chi connectivity index (χ0v) is 14.9. The highest BCUT2D eigenvalue weighted by Gasteiger charge is 2.33. The monoisotopic (exact) mass is 320 g/mol. The molecule has 1 saturated carbocycles. The highest BCUT2D eigenvalue weighted by Crippen LogP contribution is 2.38. The molecule has 0 radical (unpaired) electrons. The van der Waals surface area contributed by atoms with E-state index in [0.29, 0.717) is 13.0 Å². The van der Waals surface area contributed by atoms with Crippen LogP contribution in [0.1, 0.15) is 65.7 Å². The molecule has 0 heterocycles. The second kappa shape index (κ2) is 8.96. The minimum Gasteiger partial charge on any atom is -0.379 e. The summed E-state index contributed by atoms with van der Waals surface area (Å²) in [5.41, 5.74) is 5.78. The summed E-state index contributed by atoms with van der Waals surface area (Å²) in [7, 11) is 1.71. The number of hydrogen-bond donors (Lipinski definition) is 2. The number of nitrogens with two attached hydrogens (primary N) is 1. The smallest absolute Gasteiger partial charge is 0.220 e. The van der Waals surface area contributed by atoms with Crippen LogP contribution in [0.3, 0.4) is 0 Å². The van der Waals surface area contributed by atoms with Gasteiger partial charge in [0.1, 0.15) is 0 Å². The molecule has 1 fully saturated rings. The molecule has 1 amide bonds. The van der Waals surface area contributed by atoms with Crippen molar-refractivity contribution in [2.75, 3.05) is 13.7 Å². The molecule has 1 unspecified atom stereocenters. The molecule has 5 heteroatoms. The lowest BCUT2D eigenvalue weighted by molar-refractivity contribution is -0.124. The average Bonchev–Trinajstić information content (AvgIpc) is 2.38. The van der Waals surface area contributed by atoms with Gasteiger partial charge in [0.25, 0.3) is 0 Å². The van der Waals surface area contributed by atoms with E-state index in [-0.39, 0.29) is 35.4 Å². The summed E-state index contributed by atoms with van der Waals surface area (Å²) in [5.74, 6) is 0.136. The molecule has 0 aliphatic heterocycles. The van der Waals surface area contributed by atoms with Gasteiger partial charge in [0.05, 0.1) is 5.60 Å². The predicted octanol–water partition coefficient (Wildman–Crippen LogP) is 3.03. The van der Waals surface area contributed by atoms with Gasteiger partial charge in [-0.1, -0.05) is 19.3 Å². The zero-order valence-electron chi connectivity index (χ0n) is 14.0. The molecule has 0 bridgehead atoms. The summed E-state index contributed by atoms with van der Waals surface area (Å²) < 4.78 is 5.41. The van der Waals surface area contributed by atoms with E-state index in [0.717, 1.165) is 19.3 Å². The van der Waals surface area contributed by atoms with Crippen molar-refractivity contribution in [2.45, 2.75) is 77.4 Å². The maximum absolute atomic E-state index is 12.3. The van der Waals surface area contributed by atoms with E-state index in [1.807, 2.05) is 20.8 Å².